The Morgan fingerprint density at radius 3 is 2.81 bits per heavy atom. The number of anilines is 1. The topological polar surface area (TPSA) is 39.1 Å². The lowest BCUT2D eigenvalue weighted by atomic mass is 9.92. The van der Waals surface area contributed by atoms with Gasteiger partial charge >= 0.3 is 0 Å². The second-order valence-electron chi connectivity index (χ2n) is 4.61. The van der Waals surface area contributed by atoms with Crippen LogP contribution in [0, 0.1) is 6.92 Å². The van der Waals surface area contributed by atoms with E-state index >= 15 is 0 Å². The molecule has 4 nitrogen and oxygen atoms in total. The van der Waals surface area contributed by atoms with Crippen LogP contribution in [0.15, 0.2) is 6.20 Å². The molecule has 1 aromatic heterocycles. The molecule has 90 valence electrons. The van der Waals surface area contributed by atoms with E-state index in [4.69, 9.17) is 4.74 Å². The lowest BCUT2D eigenvalue weighted by molar-refractivity contribution is 0.0606. The number of ether oxygens (including phenoxy) is 1. The van der Waals surface area contributed by atoms with E-state index < -0.39 is 0 Å². The normalized spacial score (nSPS) is 25.7. The third-order valence-corrected chi connectivity index (χ3v) is 3.36. The van der Waals surface area contributed by atoms with Gasteiger partial charge in [0.2, 0.25) is 0 Å². The molecule has 2 rings (SSSR count). The summed E-state index contributed by atoms with van der Waals surface area (Å²) in [7, 11) is 3.76. The minimum atomic E-state index is 0.341. The SMILES string of the molecule is COC1CCCCC1Nc1cn(C)nc1C. The van der Waals surface area contributed by atoms with Crippen LogP contribution in [0.2, 0.25) is 0 Å². The maximum atomic E-state index is 5.53. The van der Waals surface area contributed by atoms with Crippen molar-refractivity contribution in [1.82, 2.24) is 9.78 Å². The van der Waals surface area contributed by atoms with Gasteiger partial charge in [0.1, 0.15) is 0 Å². The Balaban J connectivity index is 2.04. The molecular formula is C12H21N3O. The minimum Gasteiger partial charge on any atom is -0.379 e. The van der Waals surface area contributed by atoms with Crippen molar-refractivity contribution < 1.29 is 4.74 Å². The zero-order valence-corrected chi connectivity index (χ0v) is 10.4. The average molecular weight is 223 g/mol. The fourth-order valence-electron chi connectivity index (χ4n) is 2.49. The molecule has 0 spiro atoms. The van der Waals surface area contributed by atoms with Gasteiger partial charge in [0.25, 0.3) is 0 Å². The number of rotatable bonds is 3. The Bertz CT molecular complexity index is 348. The van der Waals surface area contributed by atoms with Crippen molar-refractivity contribution in [1.29, 1.82) is 0 Å². The van der Waals surface area contributed by atoms with Crippen molar-refractivity contribution in [3.8, 4) is 0 Å². The van der Waals surface area contributed by atoms with Crippen molar-refractivity contribution in [3.63, 3.8) is 0 Å². The van der Waals surface area contributed by atoms with E-state index in [1.165, 1.54) is 19.3 Å². The molecule has 1 aliphatic rings. The van der Waals surface area contributed by atoms with Crippen molar-refractivity contribution >= 4 is 5.69 Å². The highest BCUT2D eigenvalue weighted by molar-refractivity contribution is 5.46. The Morgan fingerprint density at radius 2 is 2.19 bits per heavy atom. The molecule has 1 fully saturated rings. The molecule has 2 unspecified atom stereocenters. The smallest absolute Gasteiger partial charge is 0.0825 e. The molecule has 0 amide bonds. The molecule has 2 atom stereocenters. The summed E-state index contributed by atoms with van der Waals surface area (Å²) in [5.41, 5.74) is 2.19. The summed E-state index contributed by atoms with van der Waals surface area (Å²) < 4.78 is 7.38. The van der Waals surface area contributed by atoms with Gasteiger partial charge in [0.15, 0.2) is 0 Å². The Kier molecular flexibility index (Phi) is 3.49. The molecule has 1 aliphatic carbocycles. The van der Waals surface area contributed by atoms with Crippen LogP contribution in [0.5, 0.6) is 0 Å². The van der Waals surface area contributed by atoms with Gasteiger partial charge in [-0.2, -0.15) is 5.10 Å². The van der Waals surface area contributed by atoms with E-state index in [0.717, 1.165) is 17.8 Å². The number of methoxy groups -OCH3 is 1. The summed E-state index contributed by atoms with van der Waals surface area (Å²) in [5, 5.41) is 7.90. The highest BCUT2D eigenvalue weighted by Gasteiger charge is 2.25. The maximum absolute atomic E-state index is 5.53. The molecule has 1 aromatic rings. The zero-order chi connectivity index (χ0) is 11.5. The standard InChI is InChI=1S/C12H21N3O/c1-9-11(8-15(2)14-9)13-10-6-4-5-7-12(10)16-3/h8,10,12-13H,4-7H2,1-3H3. The molecule has 1 saturated carbocycles. The maximum Gasteiger partial charge on any atom is 0.0825 e. The van der Waals surface area contributed by atoms with Gasteiger partial charge in [-0.15, -0.1) is 0 Å². The van der Waals surface area contributed by atoms with Crippen LogP contribution in [0.4, 0.5) is 5.69 Å². The summed E-state index contributed by atoms with van der Waals surface area (Å²) in [6.07, 6.45) is 7.30. The largest absolute Gasteiger partial charge is 0.379 e. The van der Waals surface area contributed by atoms with E-state index in [0.29, 0.717) is 12.1 Å². The number of aromatic nitrogens is 2. The summed E-state index contributed by atoms with van der Waals surface area (Å²) in [4.78, 5) is 0. The molecule has 0 aromatic carbocycles. The quantitative estimate of drug-likeness (QED) is 0.853. The Hall–Kier alpha value is -1.03. The molecule has 0 saturated heterocycles. The van der Waals surface area contributed by atoms with E-state index in [9.17, 15) is 0 Å². The highest BCUT2D eigenvalue weighted by atomic mass is 16.5. The number of nitrogens with one attached hydrogen (secondary N) is 1. The molecule has 0 aliphatic heterocycles. The zero-order valence-electron chi connectivity index (χ0n) is 10.4. The van der Waals surface area contributed by atoms with Gasteiger partial charge in [0.05, 0.1) is 23.5 Å². The van der Waals surface area contributed by atoms with Crippen LogP contribution in [0.25, 0.3) is 0 Å². The molecular weight excluding hydrogens is 202 g/mol. The summed E-state index contributed by atoms with van der Waals surface area (Å²) in [6.45, 7) is 2.03. The number of aryl methyl sites for hydroxylation is 2. The third kappa shape index (κ3) is 2.38. The van der Waals surface area contributed by atoms with Crippen molar-refractivity contribution in [3.05, 3.63) is 11.9 Å². The first-order valence-electron chi connectivity index (χ1n) is 6.00. The molecule has 0 bridgehead atoms. The van der Waals surface area contributed by atoms with Crippen molar-refractivity contribution in [2.24, 2.45) is 7.05 Å². The monoisotopic (exact) mass is 223 g/mol. The summed E-state index contributed by atoms with van der Waals surface area (Å²) >= 11 is 0. The first-order valence-corrected chi connectivity index (χ1v) is 6.00. The Morgan fingerprint density at radius 1 is 1.44 bits per heavy atom. The second-order valence-corrected chi connectivity index (χ2v) is 4.61. The van der Waals surface area contributed by atoms with Gasteiger partial charge in [-0.25, -0.2) is 0 Å². The van der Waals surface area contributed by atoms with Gasteiger partial charge < -0.3 is 10.1 Å². The first kappa shape index (κ1) is 11.5. The van der Waals surface area contributed by atoms with Gasteiger partial charge in [0, 0.05) is 20.4 Å². The van der Waals surface area contributed by atoms with Crippen LogP contribution in [-0.4, -0.2) is 29.0 Å². The fraction of sp³-hybridized carbons (Fsp3) is 0.750. The average Bonchev–Trinajstić information content (AvgIpc) is 2.58. The van der Waals surface area contributed by atoms with Crippen LogP contribution < -0.4 is 5.32 Å². The minimum absolute atomic E-state index is 0.341. The van der Waals surface area contributed by atoms with Gasteiger partial charge in [-0.3, -0.25) is 4.68 Å². The van der Waals surface area contributed by atoms with E-state index in [1.54, 1.807) is 7.11 Å². The number of nitrogens with zero attached hydrogens (tertiary/aromatic N) is 2. The number of hydrogen-bond acceptors (Lipinski definition) is 3. The van der Waals surface area contributed by atoms with Gasteiger partial charge in [-0.1, -0.05) is 12.8 Å². The van der Waals surface area contributed by atoms with Crippen LogP contribution in [0.1, 0.15) is 31.4 Å². The fourth-order valence-corrected chi connectivity index (χ4v) is 2.49. The van der Waals surface area contributed by atoms with E-state index in [-0.39, 0.29) is 0 Å². The third-order valence-electron chi connectivity index (χ3n) is 3.36. The first-order chi connectivity index (χ1) is 7.70. The molecule has 1 heterocycles. The van der Waals surface area contributed by atoms with Gasteiger partial charge in [-0.05, 0) is 19.8 Å². The number of hydrogen-bond donors (Lipinski definition) is 1. The van der Waals surface area contributed by atoms with Crippen LogP contribution in [-0.2, 0) is 11.8 Å². The van der Waals surface area contributed by atoms with Crippen LogP contribution >= 0.6 is 0 Å². The molecule has 0 radical (unpaired) electrons. The van der Waals surface area contributed by atoms with E-state index in [1.807, 2.05) is 24.9 Å². The summed E-state index contributed by atoms with van der Waals surface area (Å²) in [5.74, 6) is 0. The lowest BCUT2D eigenvalue weighted by Gasteiger charge is -2.31. The summed E-state index contributed by atoms with van der Waals surface area (Å²) in [6, 6.07) is 0.432. The second kappa shape index (κ2) is 4.87. The predicted octanol–water partition coefficient (Wildman–Crippen LogP) is 2.10. The molecule has 4 heteroatoms. The molecule has 16 heavy (non-hydrogen) atoms. The van der Waals surface area contributed by atoms with Crippen molar-refractivity contribution in [2.45, 2.75) is 44.8 Å². The Labute approximate surface area is 97.0 Å². The molecule has 1 N–H and O–H groups in total. The lowest BCUT2D eigenvalue weighted by Crippen LogP contribution is -2.37. The highest BCUT2D eigenvalue weighted by Crippen LogP contribution is 2.25. The van der Waals surface area contributed by atoms with Crippen molar-refractivity contribution in [2.75, 3.05) is 12.4 Å². The van der Waals surface area contributed by atoms with Crippen LogP contribution in [0.3, 0.4) is 0 Å². The predicted molar refractivity (Wildman–Crippen MR) is 64.6 cm³/mol. The van der Waals surface area contributed by atoms with E-state index in [2.05, 4.69) is 10.4 Å².